The summed E-state index contributed by atoms with van der Waals surface area (Å²) in [7, 11) is 0. The standard InChI is InChI=1S/C12H14O3/c1-8-4-6-9(7-5-8)10(13)12(2,3)11(14)15/h4-7H,1-3H3,(H,14,15). The highest BCUT2D eigenvalue weighted by molar-refractivity contribution is 6.11. The van der Waals surface area contributed by atoms with Crippen molar-refractivity contribution in [2.75, 3.05) is 0 Å². The monoisotopic (exact) mass is 206 g/mol. The van der Waals surface area contributed by atoms with E-state index in [0.29, 0.717) is 5.56 Å². The van der Waals surface area contributed by atoms with Crippen LogP contribution in [0.5, 0.6) is 0 Å². The Balaban J connectivity index is 3.05. The van der Waals surface area contributed by atoms with Gasteiger partial charge in [-0.1, -0.05) is 29.8 Å². The number of carboxylic acid groups (broad SMARTS) is 1. The average molecular weight is 206 g/mol. The minimum atomic E-state index is -1.37. The molecule has 15 heavy (non-hydrogen) atoms. The molecule has 0 saturated heterocycles. The number of carboxylic acids is 1. The summed E-state index contributed by atoms with van der Waals surface area (Å²) in [5, 5.41) is 8.91. The summed E-state index contributed by atoms with van der Waals surface area (Å²) >= 11 is 0. The molecule has 3 heteroatoms. The topological polar surface area (TPSA) is 54.4 Å². The average Bonchev–Trinajstić information content (AvgIpc) is 2.17. The molecular formula is C12H14O3. The first-order valence-electron chi connectivity index (χ1n) is 4.70. The number of carbonyl (C=O) groups is 2. The van der Waals surface area contributed by atoms with E-state index in [0.717, 1.165) is 5.56 Å². The number of hydrogen-bond donors (Lipinski definition) is 1. The Hall–Kier alpha value is -1.64. The van der Waals surface area contributed by atoms with Crippen molar-refractivity contribution in [3.63, 3.8) is 0 Å². The summed E-state index contributed by atoms with van der Waals surface area (Å²) in [6.45, 7) is 4.74. The predicted molar refractivity (Wildman–Crippen MR) is 56.9 cm³/mol. The minimum absolute atomic E-state index is 0.366. The third-order valence-corrected chi connectivity index (χ3v) is 2.42. The Morgan fingerprint density at radius 3 is 2.00 bits per heavy atom. The highest BCUT2D eigenvalue weighted by Crippen LogP contribution is 2.22. The maximum atomic E-state index is 11.8. The maximum Gasteiger partial charge on any atom is 0.316 e. The van der Waals surface area contributed by atoms with Crippen LogP contribution in [0.15, 0.2) is 24.3 Å². The number of aliphatic carboxylic acids is 1. The van der Waals surface area contributed by atoms with Gasteiger partial charge < -0.3 is 5.11 Å². The quantitative estimate of drug-likeness (QED) is 0.609. The Morgan fingerprint density at radius 1 is 1.13 bits per heavy atom. The molecule has 0 heterocycles. The van der Waals surface area contributed by atoms with Crippen LogP contribution in [0.4, 0.5) is 0 Å². The molecule has 0 atom stereocenters. The van der Waals surface area contributed by atoms with Crippen molar-refractivity contribution in [2.45, 2.75) is 20.8 Å². The molecule has 3 nitrogen and oxygen atoms in total. The second kappa shape index (κ2) is 3.85. The zero-order valence-electron chi connectivity index (χ0n) is 9.07. The van der Waals surface area contributed by atoms with Crippen molar-refractivity contribution in [3.05, 3.63) is 35.4 Å². The van der Waals surface area contributed by atoms with Gasteiger partial charge in [0.05, 0.1) is 0 Å². The Kier molecular flexibility index (Phi) is 2.93. The molecule has 0 radical (unpaired) electrons. The molecule has 1 rings (SSSR count). The molecule has 0 spiro atoms. The van der Waals surface area contributed by atoms with E-state index in [2.05, 4.69) is 0 Å². The van der Waals surface area contributed by atoms with Crippen LogP contribution >= 0.6 is 0 Å². The molecule has 0 aromatic heterocycles. The van der Waals surface area contributed by atoms with Gasteiger partial charge in [0, 0.05) is 5.56 Å². The normalized spacial score (nSPS) is 11.1. The second-order valence-electron chi connectivity index (χ2n) is 4.13. The number of hydrogen-bond acceptors (Lipinski definition) is 2. The summed E-state index contributed by atoms with van der Waals surface area (Å²) in [5.41, 5.74) is 0.114. The first-order chi connectivity index (χ1) is 6.85. The van der Waals surface area contributed by atoms with Crippen LogP contribution in [0.3, 0.4) is 0 Å². The molecule has 0 aliphatic carbocycles. The number of Topliss-reactive ketones (excluding diaryl/α,β-unsaturated/α-hetero) is 1. The zero-order valence-corrected chi connectivity index (χ0v) is 9.07. The third kappa shape index (κ3) is 2.24. The SMILES string of the molecule is Cc1ccc(C(=O)C(C)(C)C(=O)O)cc1. The van der Waals surface area contributed by atoms with Gasteiger partial charge in [0.1, 0.15) is 5.41 Å². The zero-order chi connectivity index (χ0) is 11.6. The van der Waals surface area contributed by atoms with Gasteiger partial charge in [-0.25, -0.2) is 0 Å². The smallest absolute Gasteiger partial charge is 0.316 e. The maximum absolute atomic E-state index is 11.8. The molecule has 80 valence electrons. The van der Waals surface area contributed by atoms with Crippen LogP contribution in [0.1, 0.15) is 29.8 Å². The van der Waals surface area contributed by atoms with E-state index in [1.807, 2.05) is 6.92 Å². The van der Waals surface area contributed by atoms with E-state index in [1.165, 1.54) is 13.8 Å². The molecule has 0 amide bonds. The Labute approximate surface area is 88.7 Å². The summed E-state index contributed by atoms with van der Waals surface area (Å²) < 4.78 is 0. The van der Waals surface area contributed by atoms with E-state index in [1.54, 1.807) is 24.3 Å². The van der Waals surface area contributed by atoms with Crippen molar-refractivity contribution in [2.24, 2.45) is 5.41 Å². The van der Waals surface area contributed by atoms with Crippen molar-refractivity contribution >= 4 is 11.8 Å². The van der Waals surface area contributed by atoms with Crippen LogP contribution in [0.2, 0.25) is 0 Å². The first kappa shape index (κ1) is 11.4. The molecule has 1 aromatic carbocycles. The first-order valence-corrected chi connectivity index (χ1v) is 4.70. The van der Waals surface area contributed by atoms with Crippen LogP contribution < -0.4 is 0 Å². The van der Waals surface area contributed by atoms with E-state index >= 15 is 0 Å². The van der Waals surface area contributed by atoms with E-state index in [9.17, 15) is 9.59 Å². The fourth-order valence-electron chi connectivity index (χ4n) is 1.16. The third-order valence-electron chi connectivity index (χ3n) is 2.42. The van der Waals surface area contributed by atoms with Gasteiger partial charge in [-0.05, 0) is 20.8 Å². The van der Waals surface area contributed by atoms with Crippen molar-refractivity contribution in [3.8, 4) is 0 Å². The summed E-state index contributed by atoms with van der Waals surface area (Å²) in [4.78, 5) is 22.7. The van der Waals surface area contributed by atoms with Gasteiger partial charge in [0.25, 0.3) is 0 Å². The number of rotatable bonds is 3. The lowest BCUT2D eigenvalue weighted by atomic mass is 9.84. The molecule has 1 N–H and O–H groups in total. The predicted octanol–water partition coefficient (Wildman–Crippen LogP) is 2.29. The van der Waals surface area contributed by atoms with Gasteiger partial charge in [-0.2, -0.15) is 0 Å². The molecule has 0 aliphatic heterocycles. The van der Waals surface area contributed by atoms with Gasteiger partial charge in [-0.15, -0.1) is 0 Å². The number of ketones is 1. The van der Waals surface area contributed by atoms with Gasteiger partial charge in [0.2, 0.25) is 0 Å². The van der Waals surface area contributed by atoms with E-state index in [-0.39, 0.29) is 5.78 Å². The van der Waals surface area contributed by atoms with Gasteiger partial charge in [-0.3, -0.25) is 9.59 Å². The molecule has 0 saturated carbocycles. The molecule has 0 unspecified atom stereocenters. The van der Waals surface area contributed by atoms with Crippen molar-refractivity contribution in [1.29, 1.82) is 0 Å². The summed E-state index contributed by atoms with van der Waals surface area (Å²) in [6.07, 6.45) is 0. The largest absolute Gasteiger partial charge is 0.481 e. The highest BCUT2D eigenvalue weighted by atomic mass is 16.4. The summed E-state index contributed by atoms with van der Waals surface area (Å²) in [5.74, 6) is -1.47. The lowest BCUT2D eigenvalue weighted by Crippen LogP contribution is -2.33. The lowest BCUT2D eigenvalue weighted by Gasteiger charge is -2.17. The van der Waals surface area contributed by atoms with Crippen LogP contribution in [0, 0.1) is 12.3 Å². The molecule has 0 aliphatic rings. The number of carbonyl (C=O) groups excluding carboxylic acids is 1. The highest BCUT2D eigenvalue weighted by Gasteiger charge is 2.36. The van der Waals surface area contributed by atoms with Gasteiger partial charge in [0.15, 0.2) is 5.78 Å². The lowest BCUT2D eigenvalue weighted by molar-refractivity contribution is -0.144. The fraction of sp³-hybridized carbons (Fsp3) is 0.333. The van der Waals surface area contributed by atoms with Crippen molar-refractivity contribution < 1.29 is 14.7 Å². The number of aryl methyl sites for hydroxylation is 1. The molecule has 0 bridgehead atoms. The summed E-state index contributed by atoms with van der Waals surface area (Å²) in [6, 6.07) is 6.90. The van der Waals surface area contributed by atoms with Crippen LogP contribution in [0.25, 0.3) is 0 Å². The van der Waals surface area contributed by atoms with E-state index < -0.39 is 11.4 Å². The van der Waals surface area contributed by atoms with Crippen molar-refractivity contribution in [1.82, 2.24) is 0 Å². The Bertz CT molecular complexity index is 388. The minimum Gasteiger partial charge on any atom is -0.481 e. The van der Waals surface area contributed by atoms with Crippen LogP contribution in [-0.2, 0) is 4.79 Å². The van der Waals surface area contributed by atoms with E-state index in [4.69, 9.17) is 5.11 Å². The van der Waals surface area contributed by atoms with Crippen LogP contribution in [-0.4, -0.2) is 16.9 Å². The Morgan fingerprint density at radius 2 is 1.60 bits per heavy atom. The molecular weight excluding hydrogens is 192 g/mol. The second-order valence-corrected chi connectivity index (χ2v) is 4.13. The molecule has 0 fully saturated rings. The molecule has 1 aromatic rings. The van der Waals surface area contributed by atoms with Gasteiger partial charge >= 0.3 is 5.97 Å². The number of benzene rings is 1. The fourth-order valence-corrected chi connectivity index (χ4v) is 1.16.